The van der Waals surface area contributed by atoms with Gasteiger partial charge in [0.2, 0.25) is 5.13 Å². The topological polar surface area (TPSA) is 102 Å². The third-order valence-electron chi connectivity index (χ3n) is 3.02. The second kappa shape index (κ2) is 7.01. The van der Waals surface area contributed by atoms with Crippen LogP contribution in [0.1, 0.15) is 17.5 Å². The summed E-state index contributed by atoms with van der Waals surface area (Å²) in [6, 6.07) is 0.183. The van der Waals surface area contributed by atoms with Crippen LogP contribution in [0.5, 0.6) is 0 Å². The Hall–Kier alpha value is -1.45. The molecule has 0 aliphatic carbocycles. The average molecular weight is 328 g/mol. The van der Waals surface area contributed by atoms with Crippen molar-refractivity contribution in [1.82, 2.24) is 15.2 Å². The van der Waals surface area contributed by atoms with Crippen LogP contribution >= 0.6 is 23.6 Å². The third-order valence-corrected chi connectivity index (χ3v) is 4.37. The number of fused-ring (bicyclic) bond motifs is 1. The molecule has 0 bridgehead atoms. The van der Waals surface area contributed by atoms with E-state index in [9.17, 15) is 0 Å². The fraction of sp³-hybridized carbons (Fsp3) is 0.583. The Morgan fingerprint density at radius 3 is 3.05 bits per heavy atom. The molecule has 5 N–H and O–H groups in total. The van der Waals surface area contributed by atoms with Gasteiger partial charge in [-0.15, -0.1) is 0 Å². The average Bonchev–Trinajstić information content (AvgIpc) is 2.78. The van der Waals surface area contributed by atoms with Gasteiger partial charge in [-0.3, -0.25) is 0 Å². The molecule has 9 heteroatoms. The van der Waals surface area contributed by atoms with Gasteiger partial charge in [0.15, 0.2) is 11.1 Å². The molecule has 1 unspecified atom stereocenters. The van der Waals surface area contributed by atoms with Gasteiger partial charge in [-0.1, -0.05) is 11.3 Å². The monoisotopic (exact) mass is 328 g/mol. The van der Waals surface area contributed by atoms with Crippen LogP contribution in [-0.2, 0) is 17.7 Å². The molecule has 0 amide bonds. The molecule has 1 aliphatic rings. The number of methoxy groups -OCH3 is 1. The van der Waals surface area contributed by atoms with Gasteiger partial charge < -0.3 is 26.4 Å². The van der Waals surface area contributed by atoms with E-state index in [1.54, 1.807) is 7.11 Å². The zero-order chi connectivity index (χ0) is 15.4. The van der Waals surface area contributed by atoms with Crippen molar-refractivity contribution in [1.29, 1.82) is 0 Å². The van der Waals surface area contributed by atoms with Crippen LogP contribution in [0.4, 0.5) is 5.13 Å². The van der Waals surface area contributed by atoms with E-state index in [-0.39, 0.29) is 12.0 Å². The van der Waals surface area contributed by atoms with Crippen LogP contribution in [0.25, 0.3) is 0 Å². The van der Waals surface area contributed by atoms with E-state index in [1.807, 2.05) is 6.92 Å². The molecule has 0 aromatic carbocycles. The minimum atomic E-state index is 0.0310. The highest BCUT2D eigenvalue weighted by Gasteiger charge is 2.22. The maximum absolute atomic E-state index is 5.45. The largest absolute Gasteiger partial charge is 0.383 e. The van der Waals surface area contributed by atoms with Gasteiger partial charge >= 0.3 is 0 Å². The van der Waals surface area contributed by atoms with E-state index in [1.165, 1.54) is 11.3 Å². The number of thiocarbonyl (C=S) groups is 1. The maximum atomic E-state index is 5.45. The molecule has 2 heterocycles. The molecular formula is C12H20N6OS2. The number of nitrogens with two attached hydrogens (primary N) is 2. The predicted octanol–water partition coefficient (Wildman–Crippen LogP) is 0.316. The van der Waals surface area contributed by atoms with Gasteiger partial charge in [-0.25, -0.2) is 4.98 Å². The number of hydrogen-bond acceptors (Lipinski definition) is 5. The molecule has 7 nitrogen and oxygen atoms in total. The van der Waals surface area contributed by atoms with E-state index in [0.29, 0.717) is 11.7 Å². The van der Waals surface area contributed by atoms with Gasteiger partial charge in [-0.2, -0.15) is 4.99 Å². The summed E-state index contributed by atoms with van der Waals surface area (Å²) in [7, 11) is 1.68. The summed E-state index contributed by atoms with van der Waals surface area (Å²) in [5.74, 6) is 0.0310. The molecule has 21 heavy (non-hydrogen) atoms. The molecule has 0 radical (unpaired) electrons. The Balaban J connectivity index is 2.00. The summed E-state index contributed by atoms with van der Waals surface area (Å²) >= 11 is 6.95. The van der Waals surface area contributed by atoms with Crippen molar-refractivity contribution in [2.75, 3.05) is 20.3 Å². The highest BCUT2D eigenvalue weighted by molar-refractivity contribution is 7.80. The lowest BCUT2D eigenvalue weighted by molar-refractivity contribution is 0.177. The van der Waals surface area contributed by atoms with Crippen molar-refractivity contribution >= 4 is 39.8 Å². The molecule has 0 spiro atoms. The SMILES string of the molecule is COCC(C)NC(=S)N1CCc2nc(N=C(N)N)sc2C1. The number of rotatable bonds is 4. The lowest BCUT2D eigenvalue weighted by Gasteiger charge is -2.30. The van der Waals surface area contributed by atoms with Crippen molar-refractivity contribution in [3.8, 4) is 0 Å². The van der Waals surface area contributed by atoms with Gasteiger partial charge in [0.1, 0.15) is 0 Å². The zero-order valence-corrected chi connectivity index (χ0v) is 13.8. The molecule has 1 aromatic heterocycles. The maximum Gasteiger partial charge on any atom is 0.212 e. The molecule has 1 atom stereocenters. The predicted molar refractivity (Wildman–Crippen MR) is 88.8 cm³/mol. The van der Waals surface area contributed by atoms with Crippen LogP contribution in [0.3, 0.4) is 0 Å². The van der Waals surface area contributed by atoms with Crippen molar-refractivity contribution in [2.45, 2.75) is 25.9 Å². The molecule has 0 saturated carbocycles. The lowest BCUT2D eigenvalue weighted by atomic mass is 10.2. The lowest BCUT2D eigenvalue weighted by Crippen LogP contribution is -2.46. The second-order valence-corrected chi connectivity index (χ2v) is 6.33. The van der Waals surface area contributed by atoms with Crippen molar-refractivity contribution < 1.29 is 4.74 Å². The highest BCUT2D eigenvalue weighted by Crippen LogP contribution is 2.29. The zero-order valence-electron chi connectivity index (χ0n) is 12.1. The van der Waals surface area contributed by atoms with Gasteiger partial charge in [0, 0.05) is 31.0 Å². The summed E-state index contributed by atoms with van der Waals surface area (Å²) in [6.07, 6.45) is 0.840. The van der Waals surface area contributed by atoms with E-state index in [0.717, 1.165) is 35.2 Å². The first-order valence-electron chi connectivity index (χ1n) is 6.62. The highest BCUT2D eigenvalue weighted by atomic mass is 32.1. The Kier molecular flexibility index (Phi) is 5.32. The minimum Gasteiger partial charge on any atom is -0.383 e. The molecule has 116 valence electrons. The Morgan fingerprint density at radius 2 is 2.38 bits per heavy atom. The van der Waals surface area contributed by atoms with Crippen molar-refractivity contribution in [3.05, 3.63) is 10.6 Å². The summed E-state index contributed by atoms with van der Waals surface area (Å²) in [4.78, 5) is 11.7. The number of aromatic nitrogens is 1. The first kappa shape index (κ1) is 15.9. The van der Waals surface area contributed by atoms with E-state index >= 15 is 0 Å². The van der Waals surface area contributed by atoms with Gasteiger partial charge in [-0.05, 0) is 19.1 Å². The Labute approximate surface area is 133 Å². The first-order chi connectivity index (χ1) is 9.99. The first-order valence-corrected chi connectivity index (χ1v) is 7.84. The quantitative estimate of drug-likeness (QED) is 0.415. The molecule has 1 aromatic rings. The second-order valence-electron chi connectivity index (χ2n) is 4.88. The molecule has 1 aliphatic heterocycles. The number of ether oxygens (including phenoxy) is 1. The summed E-state index contributed by atoms with van der Waals surface area (Å²) < 4.78 is 5.10. The van der Waals surface area contributed by atoms with Gasteiger partial charge in [0.25, 0.3) is 0 Å². The number of hydrogen-bond donors (Lipinski definition) is 3. The normalized spacial score (nSPS) is 15.2. The minimum absolute atomic E-state index is 0.0310. The number of aliphatic imine (C=N–C) groups is 1. The van der Waals surface area contributed by atoms with Crippen molar-refractivity contribution in [2.24, 2.45) is 16.5 Å². The summed E-state index contributed by atoms with van der Waals surface area (Å²) in [5.41, 5.74) is 11.8. The number of guanidine groups is 1. The van der Waals surface area contributed by atoms with Crippen LogP contribution in [-0.4, -0.2) is 47.3 Å². The molecule has 0 fully saturated rings. The van der Waals surface area contributed by atoms with Crippen LogP contribution in [0.2, 0.25) is 0 Å². The van der Waals surface area contributed by atoms with Crippen LogP contribution < -0.4 is 16.8 Å². The third kappa shape index (κ3) is 4.26. The fourth-order valence-electron chi connectivity index (χ4n) is 2.11. The Bertz CT molecular complexity index is 540. The summed E-state index contributed by atoms with van der Waals surface area (Å²) in [5, 5.41) is 4.61. The van der Waals surface area contributed by atoms with E-state index in [2.05, 4.69) is 20.2 Å². The standard InChI is InChI=1S/C12H20N6OS2/c1-7(6-19-2)15-12(20)18-4-3-8-9(5-18)21-11(16-8)17-10(13)14/h7H,3-6H2,1-2H3,(H,15,20)(H4,13,14,16,17). The summed E-state index contributed by atoms with van der Waals surface area (Å²) in [6.45, 7) is 4.23. The fourth-order valence-corrected chi connectivity index (χ4v) is 3.48. The molecular weight excluding hydrogens is 308 g/mol. The smallest absolute Gasteiger partial charge is 0.212 e. The van der Waals surface area contributed by atoms with Crippen molar-refractivity contribution in [3.63, 3.8) is 0 Å². The van der Waals surface area contributed by atoms with E-state index in [4.69, 9.17) is 28.4 Å². The number of thiazole rings is 1. The number of nitrogens with one attached hydrogen (secondary N) is 1. The van der Waals surface area contributed by atoms with E-state index < -0.39 is 0 Å². The molecule has 2 rings (SSSR count). The van der Waals surface area contributed by atoms with Crippen LogP contribution in [0, 0.1) is 0 Å². The van der Waals surface area contributed by atoms with Crippen LogP contribution in [0.15, 0.2) is 4.99 Å². The molecule has 0 saturated heterocycles. The number of nitrogens with zero attached hydrogens (tertiary/aromatic N) is 3. The van der Waals surface area contributed by atoms with Gasteiger partial charge in [0.05, 0.1) is 18.8 Å². The Morgan fingerprint density at radius 1 is 1.62 bits per heavy atom.